The van der Waals surface area contributed by atoms with Crippen molar-refractivity contribution in [2.24, 2.45) is 0 Å². The second kappa shape index (κ2) is 6.96. The van der Waals surface area contributed by atoms with E-state index in [2.05, 4.69) is 21.2 Å². The van der Waals surface area contributed by atoms with Crippen LogP contribution in [0.5, 0.6) is 5.75 Å². The summed E-state index contributed by atoms with van der Waals surface area (Å²) in [6.45, 7) is 0.563. The van der Waals surface area contributed by atoms with Crippen molar-refractivity contribution in [3.8, 4) is 5.75 Å². The molecule has 0 saturated heterocycles. The molecule has 0 bridgehead atoms. The lowest BCUT2D eigenvalue weighted by Crippen LogP contribution is -2.31. The molecule has 2 aromatic carbocycles. The summed E-state index contributed by atoms with van der Waals surface area (Å²) < 4.78 is 19.7. The Bertz CT molecular complexity index is 760. The van der Waals surface area contributed by atoms with Crippen LogP contribution in [-0.4, -0.2) is 12.5 Å². The Morgan fingerprint density at radius 2 is 2.17 bits per heavy atom. The van der Waals surface area contributed by atoms with E-state index in [1.165, 1.54) is 18.2 Å². The Balaban J connectivity index is 1.71. The molecule has 2 aromatic rings. The van der Waals surface area contributed by atoms with Gasteiger partial charge in [-0.3, -0.25) is 4.79 Å². The van der Waals surface area contributed by atoms with Crippen molar-refractivity contribution >= 4 is 27.9 Å². The Labute approximate surface area is 142 Å². The van der Waals surface area contributed by atoms with Crippen molar-refractivity contribution < 1.29 is 13.9 Å². The maximum absolute atomic E-state index is 13.1. The summed E-state index contributed by atoms with van der Waals surface area (Å²) >= 11 is 3.43. The summed E-state index contributed by atoms with van der Waals surface area (Å²) in [6.07, 6.45) is 3.73. The van der Waals surface area contributed by atoms with E-state index in [-0.39, 0.29) is 17.8 Å². The second-order valence-electron chi connectivity index (χ2n) is 5.27. The number of rotatable bonds is 3. The van der Waals surface area contributed by atoms with Crippen LogP contribution >= 0.6 is 15.9 Å². The molecule has 1 amide bonds. The van der Waals surface area contributed by atoms with Gasteiger partial charge in [-0.1, -0.05) is 28.1 Å². The zero-order chi connectivity index (χ0) is 16.2. The molecule has 1 N–H and O–H groups in total. The van der Waals surface area contributed by atoms with E-state index in [1.54, 1.807) is 18.2 Å². The molecule has 1 unspecified atom stereocenters. The molecule has 1 aliphatic heterocycles. The van der Waals surface area contributed by atoms with Crippen molar-refractivity contribution in [2.75, 3.05) is 6.61 Å². The zero-order valence-corrected chi connectivity index (χ0v) is 13.8. The average molecular weight is 376 g/mol. The van der Waals surface area contributed by atoms with Crippen molar-refractivity contribution in [3.05, 3.63) is 70.0 Å². The van der Waals surface area contributed by atoms with E-state index in [1.807, 2.05) is 18.2 Å². The predicted molar refractivity (Wildman–Crippen MR) is 90.6 cm³/mol. The Kier molecular flexibility index (Phi) is 4.76. The topological polar surface area (TPSA) is 38.3 Å². The number of nitrogens with one attached hydrogen (secondary N) is 1. The highest BCUT2D eigenvalue weighted by molar-refractivity contribution is 9.10. The SMILES string of the molecule is O=C(/C=C/c1cccc(F)c1)NC1CCOc2ccc(Br)cc21. The highest BCUT2D eigenvalue weighted by atomic mass is 79.9. The number of hydrogen-bond donors (Lipinski definition) is 1. The normalized spacial score (nSPS) is 16.7. The van der Waals surface area contributed by atoms with Gasteiger partial charge in [0.2, 0.25) is 5.91 Å². The maximum atomic E-state index is 13.1. The van der Waals surface area contributed by atoms with Gasteiger partial charge in [0.1, 0.15) is 11.6 Å². The van der Waals surface area contributed by atoms with Gasteiger partial charge in [-0.25, -0.2) is 4.39 Å². The van der Waals surface area contributed by atoms with E-state index >= 15 is 0 Å². The molecule has 0 saturated carbocycles. The summed E-state index contributed by atoms with van der Waals surface area (Å²) in [7, 11) is 0. The standard InChI is InChI=1S/C18H15BrFNO2/c19-13-5-6-17-15(11-13)16(8-9-23-17)21-18(22)7-4-12-2-1-3-14(20)10-12/h1-7,10-11,16H,8-9H2,(H,21,22)/b7-4+. The molecule has 0 radical (unpaired) electrons. The van der Waals surface area contributed by atoms with Crippen LogP contribution < -0.4 is 10.1 Å². The summed E-state index contributed by atoms with van der Waals surface area (Å²) in [5.74, 6) is 0.252. The molecule has 1 atom stereocenters. The first-order chi connectivity index (χ1) is 11.1. The largest absolute Gasteiger partial charge is 0.493 e. The average Bonchev–Trinajstić information content (AvgIpc) is 2.54. The number of ether oxygens (including phenoxy) is 1. The maximum Gasteiger partial charge on any atom is 0.244 e. The third-order valence-electron chi connectivity index (χ3n) is 3.60. The van der Waals surface area contributed by atoms with Gasteiger partial charge < -0.3 is 10.1 Å². The fourth-order valence-electron chi connectivity index (χ4n) is 2.52. The molecule has 118 valence electrons. The van der Waals surface area contributed by atoms with Gasteiger partial charge in [0, 0.05) is 22.5 Å². The molecule has 23 heavy (non-hydrogen) atoms. The zero-order valence-electron chi connectivity index (χ0n) is 12.3. The summed E-state index contributed by atoms with van der Waals surface area (Å²) in [5.41, 5.74) is 1.61. The minimum atomic E-state index is -0.323. The van der Waals surface area contributed by atoms with Crippen molar-refractivity contribution in [2.45, 2.75) is 12.5 Å². The van der Waals surface area contributed by atoms with Crippen LogP contribution in [0.15, 0.2) is 53.0 Å². The Morgan fingerprint density at radius 1 is 1.30 bits per heavy atom. The van der Waals surface area contributed by atoms with Crippen LogP contribution in [0.2, 0.25) is 0 Å². The number of fused-ring (bicyclic) bond motifs is 1. The van der Waals surface area contributed by atoms with Crippen molar-refractivity contribution in [3.63, 3.8) is 0 Å². The lowest BCUT2D eigenvalue weighted by atomic mass is 10.0. The van der Waals surface area contributed by atoms with Crippen molar-refractivity contribution in [1.82, 2.24) is 5.32 Å². The first kappa shape index (κ1) is 15.7. The molecule has 5 heteroatoms. The van der Waals surface area contributed by atoms with Crippen LogP contribution in [-0.2, 0) is 4.79 Å². The number of carbonyl (C=O) groups excluding carboxylic acids is 1. The molecular formula is C18H15BrFNO2. The summed E-state index contributed by atoms with van der Waals surface area (Å²) in [5, 5.41) is 2.97. The fraction of sp³-hybridized carbons (Fsp3) is 0.167. The molecule has 0 aromatic heterocycles. The van der Waals surface area contributed by atoms with Crippen LogP contribution in [0.1, 0.15) is 23.6 Å². The molecular weight excluding hydrogens is 361 g/mol. The minimum Gasteiger partial charge on any atom is -0.493 e. The molecule has 1 heterocycles. The van der Waals surface area contributed by atoms with E-state index in [0.29, 0.717) is 18.6 Å². The molecule has 0 spiro atoms. The van der Waals surface area contributed by atoms with E-state index < -0.39 is 0 Å². The number of hydrogen-bond acceptors (Lipinski definition) is 2. The van der Waals surface area contributed by atoms with Gasteiger partial charge in [0.25, 0.3) is 0 Å². The van der Waals surface area contributed by atoms with Crippen LogP contribution in [0, 0.1) is 5.82 Å². The highest BCUT2D eigenvalue weighted by Gasteiger charge is 2.22. The first-order valence-electron chi connectivity index (χ1n) is 7.28. The van der Waals surface area contributed by atoms with Gasteiger partial charge in [-0.15, -0.1) is 0 Å². The number of amides is 1. The third-order valence-corrected chi connectivity index (χ3v) is 4.10. The molecule has 3 rings (SSSR count). The van der Waals surface area contributed by atoms with Gasteiger partial charge in [0.05, 0.1) is 12.6 Å². The molecule has 0 aliphatic carbocycles. The van der Waals surface area contributed by atoms with Crippen molar-refractivity contribution in [1.29, 1.82) is 0 Å². The highest BCUT2D eigenvalue weighted by Crippen LogP contribution is 2.34. The van der Waals surface area contributed by atoms with E-state index in [9.17, 15) is 9.18 Å². The molecule has 1 aliphatic rings. The lowest BCUT2D eigenvalue weighted by Gasteiger charge is -2.26. The Hall–Kier alpha value is -2.14. The number of carbonyl (C=O) groups is 1. The van der Waals surface area contributed by atoms with Crippen LogP contribution in [0.25, 0.3) is 6.08 Å². The number of halogens is 2. The summed E-state index contributed by atoms with van der Waals surface area (Å²) in [6, 6.07) is 11.8. The van der Waals surface area contributed by atoms with E-state index in [4.69, 9.17) is 4.74 Å². The third kappa shape index (κ3) is 3.99. The fourth-order valence-corrected chi connectivity index (χ4v) is 2.90. The number of benzene rings is 2. The quantitative estimate of drug-likeness (QED) is 0.814. The lowest BCUT2D eigenvalue weighted by molar-refractivity contribution is -0.117. The minimum absolute atomic E-state index is 0.0964. The van der Waals surface area contributed by atoms with Gasteiger partial charge >= 0.3 is 0 Å². The van der Waals surface area contributed by atoms with Crippen LogP contribution in [0.4, 0.5) is 4.39 Å². The monoisotopic (exact) mass is 375 g/mol. The predicted octanol–water partition coefficient (Wildman–Crippen LogP) is 4.24. The summed E-state index contributed by atoms with van der Waals surface area (Å²) in [4.78, 5) is 12.1. The smallest absolute Gasteiger partial charge is 0.244 e. The van der Waals surface area contributed by atoms with Gasteiger partial charge in [0.15, 0.2) is 0 Å². The molecule has 0 fully saturated rings. The van der Waals surface area contributed by atoms with Crippen LogP contribution in [0.3, 0.4) is 0 Å². The van der Waals surface area contributed by atoms with Gasteiger partial charge in [-0.05, 0) is 42.0 Å². The first-order valence-corrected chi connectivity index (χ1v) is 8.07. The Morgan fingerprint density at radius 3 is 3.00 bits per heavy atom. The van der Waals surface area contributed by atoms with E-state index in [0.717, 1.165) is 15.8 Å². The van der Waals surface area contributed by atoms with Gasteiger partial charge in [-0.2, -0.15) is 0 Å². The second-order valence-corrected chi connectivity index (χ2v) is 6.18. The molecule has 3 nitrogen and oxygen atoms in total.